The van der Waals surface area contributed by atoms with Crippen molar-refractivity contribution in [1.29, 1.82) is 0 Å². The van der Waals surface area contributed by atoms with E-state index in [-0.39, 0.29) is 17.3 Å². The molecule has 2 unspecified atom stereocenters. The largest absolute Gasteiger partial charge is 0.479 e. The summed E-state index contributed by atoms with van der Waals surface area (Å²) in [5.41, 5.74) is 6.83. The Morgan fingerprint density at radius 3 is 2.45 bits per heavy atom. The maximum atomic E-state index is 12.7. The van der Waals surface area contributed by atoms with Crippen LogP contribution in [0.4, 0.5) is 22.2 Å². The molecule has 0 bridgehead atoms. The summed E-state index contributed by atoms with van der Waals surface area (Å²) in [7, 11) is 0. The van der Waals surface area contributed by atoms with Crippen molar-refractivity contribution in [2.24, 2.45) is 5.73 Å². The number of carboxylic acids is 1. The fraction of sp³-hybridized carbons (Fsp3) is 0.423. The van der Waals surface area contributed by atoms with E-state index in [1.165, 1.54) is 23.4 Å². The quantitative estimate of drug-likeness (QED) is 0.147. The van der Waals surface area contributed by atoms with E-state index in [2.05, 4.69) is 36.1 Å². The third-order valence-corrected chi connectivity index (χ3v) is 7.23. The molecular weight excluding hydrogens is 582 g/mol. The molecule has 234 valence electrons. The van der Waals surface area contributed by atoms with E-state index in [0.717, 1.165) is 12.8 Å². The average molecular weight is 614 g/mol. The Balaban J connectivity index is 1.28. The van der Waals surface area contributed by atoms with Gasteiger partial charge in [-0.2, -0.15) is 20.0 Å². The van der Waals surface area contributed by atoms with E-state index in [0.29, 0.717) is 24.2 Å². The van der Waals surface area contributed by atoms with Crippen LogP contribution in [0.25, 0.3) is 5.69 Å². The molecule has 2 aliphatic rings. The monoisotopic (exact) mass is 613 g/mol. The molecule has 1 saturated heterocycles. The summed E-state index contributed by atoms with van der Waals surface area (Å²) in [6.45, 7) is 0. The molecule has 9 N–H and O–H groups in total. The molecular formula is C26H31N9O9. The van der Waals surface area contributed by atoms with Crippen LogP contribution in [0.15, 0.2) is 42.9 Å². The van der Waals surface area contributed by atoms with Gasteiger partial charge in [0.05, 0.1) is 24.1 Å². The number of carbonyl (C=O) groups excluding carboxylic acids is 2. The lowest BCUT2D eigenvalue weighted by Gasteiger charge is -2.38. The third kappa shape index (κ3) is 6.83. The minimum atomic E-state index is -1.92. The number of amides is 2. The summed E-state index contributed by atoms with van der Waals surface area (Å²) in [4.78, 5) is 46.3. The molecule has 3 aromatic rings. The highest BCUT2D eigenvalue weighted by Crippen LogP contribution is 2.26. The predicted octanol–water partition coefficient (Wildman–Crippen LogP) is -0.759. The Labute approximate surface area is 249 Å². The van der Waals surface area contributed by atoms with Crippen molar-refractivity contribution in [2.75, 3.05) is 10.6 Å². The number of nitrogens with two attached hydrogens (primary N) is 1. The Morgan fingerprint density at radius 1 is 1.02 bits per heavy atom. The molecule has 1 aliphatic carbocycles. The second kappa shape index (κ2) is 13.2. The molecule has 3 heterocycles. The molecule has 2 amide bonds. The number of hydrogen-bond acceptors (Lipinski definition) is 14. The minimum Gasteiger partial charge on any atom is -0.479 e. The Kier molecular flexibility index (Phi) is 9.14. The number of nitrogens with one attached hydrogen (secondary N) is 3. The van der Waals surface area contributed by atoms with E-state index in [1.54, 1.807) is 24.3 Å². The minimum absolute atomic E-state index is 0.0399. The molecule has 5 rings (SSSR count). The van der Waals surface area contributed by atoms with Gasteiger partial charge in [-0.25, -0.2) is 14.6 Å². The number of carboxylic acid groups (broad SMARTS) is 1. The van der Waals surface area contributed by atoms with Crippen LogP contribution >= 0.6 is 0 Å². The number of carbonyl (C=O) groups is 3. The SMILES string of the molecule is NC(=O)c1cnc(N[C@@H]2CCCC[C@@H]2NC(=O)O[C@H]2OC(C(=O)O)[C@@H](O)[C@H](O)C2O)nc1Nc1cccc(-n2nccn2)c1. The van der Waals surface area contributed by atoms with Crippen LogP contribution in [-0.2, 0) is 14.3 Å². The van der Waals surface area contributed by atoms with Crippen LogP contribution in [0.3, 0.4) is 0 Å². The van der Waals surface area contributed by atoms with E-state index in [4.69, 9.17) is 15.2 Å². The van der Waals surface area contributed by atoms with Gasteiger partial charge in [-0.05, 0) is 31.0 Å². The summed E-state index contributed by atoms with van der Waals surface area (Å²) in [6.07, 6.45) is -3.45. The number of aliphatic hydroxyl groups excluding tert-OH is 3. The van der Waals surface area contributed by atoms with Gasteiger partial charge >= 0.3 is 12.1 Å². The van der Waals surface area contributed by atoms with E-state index in [9.17, 15) is 34.8 Å². The normalized spacial score (nSPS) is 26.8. The summed E-state index contributed by atoms with van der Waals surface area (Å²) < 4.78 is 10.1. The molecule has 18 heteroatoms. The second-order valence-corrected chi connectivity index (χ2v) is 10.2. The number of alkyl carbamates (subject to hydrolysis) is 1. The molecule has 18 nitrogen and oxygen atoms in total. The van der Waals surface area contributed by atoms with Crippen molar-refractivity contribution in [1.82, 2.24) is 30.3 Å². The predicted molar refractivity (Wildman–Crippen MR) is 149 cm³/mol. The Morgan fingerprint density at radius 2 is 1.75 bits per heavy atom. The molecule has 44 heavy (non-hydrogen) atoms. The number of hydrogen-bond donors (Lipinski definition) is 8. The molecule has 2 fully saturated rings. The molecule has 2 aromatic heterocycles. The van der Waals surface area contributed by atoms with Crippen molar-refractivity contribution in [3.63, 3.8) is 0 Å². The van der Waals surface area contributed by atoms with Gasteiger partial charge in [0.2, 0.25) is 12.2 Å². The van der Waals surface area contributed by atoms with Gasteiger partial charge in [0.25, 0.3) is 5.91 Å². The first-order valence-electron chi connectivity index (χ1n) is 13.7. The number of rotatable bonds is 9. The van der Waals surface area contributed by atoms with Crippen LogP contribution in [0, 0.1) is 0 Å². The van der Waals surface area contributed by atoms with Crippen LogP contribution < -0.4 is 21.7 Å². The van der Waals surface area contributed by atoms with Gasteiger partial charge < -0.3 is 51.6 Å². The smallest absolute Gasteiger partial charge is 0.409 e. The number of benzene rings is 1. The average Bonchev–Trinajstić information content (AvgIpc) is 3.54. The Bertz CT molecular complexity index is 1490. The number of nitrogens with zero attached hydrogens (tertiary/aromatic N) is 5. The van der Waals surface area contributed by atoms with Crippen LogP contribution in [0.5, 0.6) is 0 Å². The fourth-order valence-corrected chi connectivity index (χ4v) is 5.00. The first kappa shape index (κ1) is 30.5. The molecule has 1 aliphatic heterocycles. The number of anilines is 3. The van der Waals surface area contributed by atoms with E-state index in [1.807, 2.05) is 0 Å². The topological polar surface area (TPSA) is 269 Å². The molecule has 0 radical (unpaired) electrons. The lowest BCUT2D eigenvalue weighted by atomic mass is 9.90. The van der Waals surface area contributed by atoms with Gasteiger partial charge in [-0.1, -0.05) is 18.9 Å². The summed E-state index contributed by atoms with van der Waals surface area (Å²) in [6, 6.07) is 6.16. The van der Waals surface area contributed by atoms with Gasteiger partial charge in [0.1, 0.15) is 29.7 Å². The zero-order chi connectivity index (χ0) is 31.4. The van der Waals surface area contributed by atoms with Gasteiger partial charge in [0, 0.05) is 17.9 Å². The van der Waals surface area contributed by atoms with Crippen molar-refractivity contribution in [2.45, 2.75) is 68.5 Å². The van der Waals surface area contributed by atoms with Gasteiger partial charge in [-0.15, -0.1) is 0 Å². The summed E-state index contributed by atoms with van der Waals surface area (Å²) in [5.74, 6) is -2.08. The van der Waals surface area contributed by atoms with Crippen molar-refractivity contribution >= 4 is 35.4 Å². The number of aliphatic hydroxyl groups is 3. The lowest BCUT2D eigenvalue weighted by Crippen LogP contribution is -2.61. The Hall–Kier alpha value is -4.91. The maximum absolute atomic E-state index is 12.7. The number of aliphatic carboxylic acids is 1. The first-order valence-corrected chi connectivity index (χ1v) is 13.7. The lowest BCUT2D eigenvalue weighted by molar-refractivity contribution is -0.278. The summed E-state index contributed by atoms with van der Waals surface area (Å²) in [5, 5.41) is 56.3. The first-order chi connectivity index (χ1) is 21.1. The highest BCUT2D eigenvalue weighted by atomic mass is 16.7. The third-order valence-electron chi connectivity index (χ3n) is 7.23. The zero-order valence-electron chi connectivity index (χ0n) is 23.1. The van der Waals surface area contributed by atoms with E-state index >= 15 is 0 Å². The number of aromatic nitrogens is 5. The van der Waals surface area contributed by atoms with Gasteiger partial charge in [-0.3, -0.25) is 4.79 Å². The molecule has 0 spiro atoms. The standard InChI is InChI=1S/C26H31N9O9/c27-21(39)14-11-28-25(34-22(14)31-12-4-3-5-13(10-12)35-29-8-9-30-35)32-15-6-1-2-7-16(15)33-26(42)44-24-19(38)17(36)18(37)20(43-24)23(40)41/h3-5,8-11,15-20,24,36-38H,1-2,6-7H2,(H2,27,39)(H,33,42)(H,40,41)(H2,28,31,32,34)/t15-,16+,17+,18+,19?,20?,24-/m1/s1. The maximum Gasteiger partial charge on any atom is 0.409 e. The highest BCUT2D eigenvalue weighted by Gasteiger charge is 2.48. The van der Waals surface area contributed by atoms with Crippen molar-refractivity contribution in [3.05, 3.63) is 48.4 Å². The van der Waals surface area contributed by atoms with Crippen molar-refractivity contribution in [3.8, 4) is 5.69 Å². The fourth-order valence-electron chi connectivity index (χ4n) is 5.00. The van der Waals surface area contributed by atoms with Crippen LogP contribution in [0.1, 0.15) is 36.0 Å². The number of primary amides is 1. The van der Waals surface area contributed by atoms with Crippen LogP contribution in [0.2, 0.25) is 0 Å². The van der Waals surface area contributed by atoms with Gasteiger partial charge in [0.15, 0.2) is 6.10 Å². The molecule has 1 aromatic carbocycles. The van der Waals surface area contributed by atoms with E-state index < -0.39 is 60.8 Å². The summed E-state index contributed by atoms with van der Waals surface area (Å²) >= 11 is 0. The second-order valence-electron chi connectivity index (χ2n) is 10.2. The number of ether oxygens (including phenoxy) is 2. The zero-order valence-corrected chi connectivity index (χ0v) is 23.1. The highest BCUT2D eigenvalue weighted by molar-refractivity contribution is 5.98. The van der Waals surface area contributed by atoms with Crippen molar-refractivity contribution < 1.29 is 44.3 Å². The molecule has 7 atom stereocenters. The molecule has 1 saturated carbocycles. The van der Waals surface area contributed by atoms with Crippen LogP contribution in [-0.4, -0.2) is 106 Å².